The minimum Gasteiger partial charge on any atom is -0.480 e. The first-order chi connectivity index (χ1) is 9.26. The summed E-state index contributed by atoms with van der Waals surface area (Å²) < 4.78 is 5.28. The number of hydrogen-bond donors (Lipinski definition) is 1. The summed E-state index contributed by atoms with van der Waals surface area (Å²) in [7, 11) is 3.55. The zero-order valence-electron chi connectivity index (χ0n) is 11.6. The van der Waals surface area contributed by atoms with Crippen molar-refractivity contribution in [2.24, 2.45) is 0 Å². The number of rotatable bonds is 5. The lowest BCUT2D eigenvalue weighted by Gasteiger charge is -2.18. The number of nitrogens with zero attached hydrogens (tertiary/aromatic N) is 2. The van der Waals surface area contributed by atoms with Gasteiger partial charge in [0.2, 0.25) is 5.88 Å². The molecule has 1 heterocycles. The van der Waals surface area contributed by atoms with E-state index < -0.39 is 0 Å². The summed E-state index contributed by atoms with van der Waals surface area (Å²) in [6.07, 6.45) is 4.20. The van der Waals surface area contributed by atoms with Crippen LogP contribution in [-0.2, 0) is 6.42 Å². The predicted molar refractivity (Wildman–Crippen MR) is 75.3 cm³/mol. The van der Waals surface area contributed by atoms with Gasteiger partial charge in [-0.15, -0.1) is 0 Å². The third-order valence-electron chi connectivity index (χ3n) is 3.25. The smallest absolute Gasteiger partial charge is 0.237 e. The third kappa shape index (κ3) is 3.09. The number of likely N-dealkylation sites (N-methyl/N-ethyl adjacent to an activating group) is 1. The molecule has 1 atom stereocenters. The van der Waals surface area contributed by atoms with E-state index in [1.54, 1.807) is 19.5 Å². The molecule has 0 aliphatic carbocycles. The van der Waals surface area contributed by atoms with Crippen molar-refractivity contribution in [3.05, 3.63) is 53.5 Å². The van der Waals surface area contributed by atoms with Crippen LogP contribution in [0.3, 0.4) is 0 Å². The highest BCUT2D eigenvalue weighted by Gasteiger charge is 2.17. The lowest BCUT2D eigenvalue weighted by Crippen LogP contribution is -2.21. The minimum atomic E-state index is 0.0877. The van der Waals surface area contributed by atoms with Gasteiger partial charge in [0.25, 0.3) is 0 Å². The van der Waals surface area contributed by atoms with Gasteiger partial charge in [0.05, 0.1) is 13.2 Å². The summed E-state index contributed by atoms with van der Waals surface area (Å²) in [4.78, 5) is 8.60. The summed E-state index contributed by atoms with van der Waals surface area (Å²) in [5.41, 5.74) is 3.43. The van der Waals surface area contributed by atoms with Crippen LogP contribution in [0.5, 0.6) is 5.88 Å². The molecular formula is C15H19N3O. The Morgan fingerprint density at radius 3 is 2.63 bits per heavy atom. The quantitative estimate of drug-likeness (QED) is 0.892. The second-order valence-electron chi connectivity index (χ2n) is 4.42. The van der Waals surface area contributed by atoms with Crippen molar-refractivity contribution < 1.29 is 4.74 Å². The fourth-order valence-corrected chi connectivity index (χ4v) is 2.13. The first-order valence-corrected chi connectivity index (χ1v) is 6.33. The Morgan fingerprint density at radius 2 is 1.95 bits per heavy atom. The number of hydrogen-bond acceptors (Lipinski definition) is 4. The molecular weight excluding hydrogens is 238 g/mol. The molecule has 0 aliphatic rings. The molecule has 2 rings (SSSR count). The van der Waals surface area contributed by atoms with Gasteiger partial charge in [0.15, 0.2) is 0 Å². The molecule has 0 radical (unpaired) electrons. The summed E-state index contributed by atoms with van der Waals surface area (Å²) in [5, 5.41) is 3.29. The van der Waals surface area contributed by atoms with Crippen LogP contribution in [0, 0.1) is 6.92 Å². The highest BCUT2D eigenvalue weighted by Crippen LogP contribution is 2.24. The van der Waals surface area contributed by atoms with Crippen molar-refractivity contribution >= 4 is 0 Å². The monoisotopic (exact) mass is 257 g/mol. The molecule has 4 heteroatoms. The highest BCUT2D eigenvalue weighted by molar-refractivity contribution is 5.29. The zero-order chi connectivity index (χ0) is 13.7. The summed E-state index contributed by atoms with van der Waals surface area (Å²) in [5.74, 6) is 0.579. The van der Waals surface area contributed by atoms with Crippen molar-refractivity contribution in [3.8, 4) is 5.88 Å². The largest absolute Gasteiger partial charge is 0.480 e. The summed E-state index contributed by atoms with van der Waals surface area (Å²) in [6.45, 7) is 2.12. The van der Waals surface area contributed by atoms with E-state index in [0.717, 1.165) is 12.1 Å². The number of ether oxygens (including phenoxy) is 1. The van der Waals surface area contributed by atoms with Crippen molar-refractivity contribution in [2.75, 3.05) is 14.2 Å². The molecule has 0 saturated carbocycles. The second-order valence-corrected chi connectivity index (χ2v) is 4.42. The Labute approximate surface area is 113 Å². The van der Waals surface area contributed by atoms with Crippen LogP contribution < -0.4 is 10.1 Å². The standard InChI is InChI=1S/C15H19N3O/c1-11-6-4-5-7-12(11)10-13(16-2)14-15(19-3)18-9-8-17-14/h4-9,13,16H,10H2,1-3H3. The Morgan fingerprint density at radius 1 is 1.21 bits per heavy atom. The van der Waals surface area contributed by atoms with Crippen LogP contribution in [0.2, 0.25) is 0 Å². The molecule has 19 heavy (non-hydrogen) atoms. The molecule has 1 N–H and O–H groups in total. The highest BCUT2D eigenvalue weighted by atomic mass is 16.5. The maximum absolute atomic E-state index is 5.28. The van der Waals surface area contributed by atoms with Gasteiger partial charge >= 0.3 is 0 Å². The maximum Gasteiger partial charge on any atom is 0.237 e. The molecule has 2 aromatic rings. The van der Waals surface area contributed by atoms with Crippen LogP contribution >= 0.6 is 0 Å². The average molecular weight is 257 g/mol. The number of methoxy groups -OCH3 is 1. The number of nitrogens with one attached hydrogen (secondary N) is 1. The van der Waals surface area contributed by atoms with Gasteiger partial charge in [0.1, 0.15) is 5.69 Å². The molecule has 1 aromatic carbocycles. The van der Waals surface area contributed by atoms with Crippen LogP contribution in [0.1, 0.15) is 22.9 Å². The molecule has 0 bridgehead atoms. The van der Waals surface area contributed by atoms with Gasteiger partial charge in [-0.2, -0.15) is 0 Å². The fourth-order valence-electron chi connectivity index (χ4n) is 2.13. The topological polar surface area (TPSA) is 47.0 Å². The second kappa shape index (κ2) is 6.29. The Hall–Kier alpha value is -1.94. The first kappa shape index (κ1) is 13.5. The van der Waals surface area contributed by atoms with E-state index in [4.69, 9.17) is 4.74 Å². The normalized spacial score (nSPS) is 12.2. The molecule has 100 valence electrons. The van der Waals surface area contributed by atoms with E-state index in [1.165, 1.54) is 11.1 Å². The van der Waals surface area contributed by atoms with E-state index in [2.05, 4.69) is 46.5 Å². The minimum absolute atomic E-state index is 0.0877. The molecule has 1 unspecified atom stereocenters. The number of aromatic nitrogens is 2. The van der Waals surface area contributed by atoms with E-state index in [0.29, 0.717) is 5.88 Å². The van der Waals surface area contributed by atoms with Crippen molar-refractivity contribution in [3.63, 3.8) is 0 Å². The van der Waals surface area contributed by atoms with E-state index in [1.807, 2.05) is 7.05 Å². The first-order valence-electron chi connectivity index (χ1n) is 6.33. The third-order valence-corrected chi connectivity index (χ3v) is 3.25. The van der Waals surface area contributed by atoms with Gasteiger partial charge in [-0.1, -0.05) is 24.3 Å². The van der Waals surface area contributed by atoms with Crippen LogP contribution in [0.4, 0.5) is 0 Å². The SMILES string of the molecule is CNC(Cc1ccccc1C)c1nccnc1OC. The molecule has 0 saturated heterocycles. The molecule has 0 amide bonds. The fraction of sp³-hybridized carbons (Fsp3) is 0.333. The van der Waals surface area contributed by atoms with E-state index in [-0.39, 0.29) is 6.04 Å². The average Bonchev–Trinajstić information content (AvgIpc) is 2.46. The van der Waals surface area contributed by atoms with Crippen molar-refractivity contribution in [1.29, 1.82) is 0 Å². The zero-order valence-corrected chi connectivity index (χ0v) is 11.6. The van der Waals surface area contributed by atoms with Crippen LogP contribution in [-0.4, -0.2) is 24.1 Å². The van der Waals surface area contributed by atoms with Gasteiger partial charge in [-0.05, 0) is 31.5 Å². The Kier molecular flexibility index (Phi) is 4.47. The van der Waals surface area contributed by atoms with Crippen molar-refractivity contribution in [2.45, 2.75) is 19.4 Å². The molecule has 0 aliphatic heterocycles. The maximum atomic E-state index is 5.28. The Balaban J connectivity index is 2.28. The number of benzene rings is 1. The van der Waals surface area contributed by atoms with E-state index >= 15 is 0 Å². The Bertz CT molecular complexity index is 542. The van der Waals surface area contributed by atoms with Gasteiger partial charge < -0.3 is 10.1 Å². The number of aryl methyl sites for hydroxylation is 1. The van der Waals surface area contributed by atoms with Crippen LogP contribution in [0.15, 0.2) is 36.7 Å². The van der Waals surface area contributed by atoms with Crippen molar-refractivity contribution in [1.82, 2.24) is 15.3 Å². The molecule has 0 spiro atoms. The van der Waals surface area contributed by atoms with Crippen LogP contribution in [0.25, 0.3) is 0 Å². The lowest BCUT2D eigenvalue weighted by atomic mass is 9.99. The molecule has 0 fully saturated rings. The van der Waals surface area contributed by atoms with E-state index in [9.17, 15) is 0 Å². The van der Waals surface area contributed by atoms with Gasteiger partial charge in [-0.25, -0.2) is 4.98 Å². The summed E-state index contributed by atoms with van der Waals surface area (Å²) in [6, 6.07) is 8.46. The predicted octanol–water partition coefficient (Wildman–Crippen LogP) is 2.30. The summed E-state index contributed by atoms with van der Waals surface area (Å²) >= 11 is 0. The lowest BCUT2D eigenvalue weighted by molar-refractivity contribution is 0.379. The van der Waals surface area contributed by atoms with Gasteiger partial charge in [-0.3, -0.25) is 4.98 Å². The van der Waals surface area contributed by atoms with Gasteiger partial charge in [0, 0.05) is 12.4 Å². The molecule has 4 nitrogen and oxygen atoms in total. The molecule has 1 aromatic heterocycles.